The van der Waals surface area contributed by atoms with E-state index in [4.69, 9.17) is 5.26 Å². The summed E-state index contributed by atoms with van der Waals surface area (Å²) in [5.74, 6) is -2.61. The van der Waals surface area contributed by atoms with Crippen LogP contribution in [0.2, 0.25) is 0 Å². The molecule has 0 aliphatic rings. The summed E-state index contributed by atoms with van der Waals surface area (Å²) in [4.78, 5) is 36.1. The second-order valence-electron chi connectivity index (χ2n) is 4.82. The van der Waals surface area contributed by atoms with E-state index in [-0.39, 0.29) is 17.8 Å². The van der Waals surface area contributed by atoms with Crippen LogP contribution >= 0.6 is 0 Å². The fourth-order valence-corrected chi connectivity index (χ4v) is 2.07. The van der Waals surface area contributed by atoms with Crippen LogP contribution in [-0.2, 0) is 17.9 Å². The van der Waals surface area contributed by atoms with Gasteiger partial charge in [0, 0.05) is 24.5 Å². The number of rotatable bonds is 4. The predicted octanol–water partition coefficient (Wildman–Crippen LogP) is 0.818. The van der Waals surface area contributed by atoms with Crippen molar-refractivity contribution >= 4 is 11.6 Å². The molecule has 0 bridgehead atoms. The van der Waals surface area contributed by atoms with Crippen LogP contribution < -0.4 is 16.6 Å². The first kappa shape index (κ1) is 17.1. The number of halogens is 2. The maximum atomic E-state index is 13.1. The van der Waals surface area contributed by atoms with E-state index >= 15 is 0 Å². The Labute approximate surface area is 134 Å². The van der Waals surface area contributed by atoms with Gasteiger partial charge in [-0.1, -0.05) is 0 Å². The summed E-state index contributed by atoms with van der Waals surface area (Å²) in [5.41, 5.74) is -2.12. The zero-order chi connectivity index (χ0) is 17.9. The molecule has 0 spiro atoms. The van der Waals surface area contributed by atoms with E-state index in [9.17, 15) is 23.2 Å². The maximum Gasteiger partial charge on any atom is 0.331 e. The second-order valence-corrected chi connectivity index (χ2v) is 4.82. The van der Waals surface area contributed by atoms with Crippen LogP contribution in [0.4, 0.5) is 14.5 Å². The molecule has 1 amide bonds. The third-order valence-corrected chi connectivity index (χ3v) is 3.15. The van der Waals surface area contributed by atoms with Gasteiger partial charge < -0.3 is 5.32 Å². The van der Waals surface area contributed by atoms with Gasteiger partial charge in [-0.05, 0) is 19.1 Å². The van der Waals surface area contributed by atoms with E-state index in [1.54, 1.807) is 13.0 Å². The number of benzene rings is 1. The zero-order valence-corrected chi connectivity index (χ0v) is 12.5. The molecular formula is C15H12F2N4O3. The average molecular weight is 334 g/mol. The standard InChI is InChI=1S/C15H12F2N4O3/c1-2-20-7-9(6-18)14(23)21(15(20)24)8-13(22)19-12-4-10(16)3-11(17)5-12/h3-5,7H,2,8H2,1H3,(H,19,22). The molecule has 1 aromatic carbocycles. The molecule has 2 rings (SSSR count). The Morgan fingerprint density at radius 3 is 2.42 bits per heavy atom. The Bertz CT molecular complexity index is 936. The minimum absolute atomic E-state index is 0.155. The van der Waals surface area contributed by atoms with Crippen molar-refractivity contribution in [3.63, 3.8) is 0 Å². The smallest absolute Gasteiger partial charge is 0.324 e. The number of carbonyl (C=O) groups is 1. The third kappa shape index (κ3) is 3.55. The van der Waals surface area contributed by atoms with Gasteiger partial charge in [0.2, 0.25) is 5.91 Å². The largest absolute Gasteiger partial charge is 0.331 e. The first-order valence-electron chi connectivity index (χ1n) is 6.86. The molecule has 0 unspecified atom stereocenters. The maximum absolute atomic E-state index is 13.1. The molecule has 0 fully saturated rings. The normalized spacial score (nSPS) is 10.2. The second kappa shape index (κ2) is 6.87. The van der Waals surface area contributed by atoms with Gasteiger partial charge in [-0.3, -0.25) is 14.2 Å². The van der Waals surface area contributed by atoms with Crippen LogP contribution in [0.5, 0.6) is 0 Å². The molecule has 1 heterocycles. The summed E-state index contributed by atoms with van der Waals surface area (Å²) in [7, 11) is 0. The summed E-state index contributed by atoms with van der Waals surface area (Å²) in [6.45, 7) is 1.14. The van der Waals surface area contributed by atoms with Gasteiger partial charge >= 0.3 is 5.69 Å². The molecule has 9 heteroatoms. The van der Waals surface area contributed by atoms with Crippen LogP contribution in [0.3, 0.4) is 0 Å². The van der Waals surface area contributed by atoms with Crippen LogP contribution in [0.25, 0.3) is 0 Å². The van der Waals surface area contributed by atoms with Crippen molar-refractivity contribution in [2.45, 2.75) is 20.0 Å². The minimum atomic E-state index is -0.909. The van der Waals surface area contributed by atoms with Gasteiger partial charge in [-0.15, -0.1) is 0 Å². The van der Waals surface area contributed by atoms with Gasteiger partial charge in [0.1, 0.15) is 29.8 Å². The molecule has 0 radical (unpaired) electrons. The summed E-state index contributed by atoms with van der Waals surface area (Å²) in [6.07, 6.45) is 1.11. The number of nitrogens with zero attached hydrogens (tertiary/aromatic N) is 3. The number of amides is 1. The van der Waals surface area contributed by atoms with Gasteiger partial charge in [0.05, 0.1) is 0 Å². The molecule has 0 saturated heterocycles. The van der Waals surface area contributed by atoms with Crippen molar-refractivity contribution < 1.29 is 13.6 Å². The highest BCUT2D eigenvalue weighted by Gasteiger charge is 2.14. The lowest BCUT2D eigenvalue weighted by atomic mass is 10.3. The lowest BCUT2D eigenvalue weighted by Crippen LogP contribution is -2.43. The Morgan fingerprint density at radius 1 is 1.25 bits per heavy atom. The van der Waals surface area contributed by atoms with E-state index in [0.717, 1.165) is 22.9 Å². The monoisotopic (exact) mass is 334 g/mol. The van der Waals surface area contributed by atoms with E-state index < -0.39 is 35.3 Å². The summed E-state index contributed by atoms with van der Waals surface area (Å²) >= 11 is 0. The van der Waals surface area contributed by atoms with Crippen molar-refractivity contribution in [2.24, 2.45) is 0 Å². The lowest BCUT2D eigenvalue weighted by molar-refractivity contribution is -0.116. The molecule has 2 aromatic rings. The topological polar surface area (TPSA) is 96.9 Å². The van der Waals surface area contributed by atoms with Crippen molar-refractivity contribution in [2.75, 3.05) is 5.32 Å². The number of hydrogen-bond donors (Lipinski definition) is 1. The molecular weight excluding hydrogens is 322 g/mol. The van der Waals surface area contributed by atoms with Gasteiger partial charge in [-0.2, -0.15) is 5.26 Å². The first-order valence-corrected chi connectivity index (χ1v) is 6.86. The van der Waals surface area contributed by atoms with Crippen molar-refractivity contribution in [3.8, 4) is 6.07 Å². The van der Waals surface area contributed by atoms with Crippen molar-refractivity contribution in [3.05, 3.63) is 62.4 Å². The van der Waals surface area contributed by atoms with Gasteiger partial charge in [0.25, 0.3) is 5.56 Å². The minimum Gasteiger partial charge on any atom is -0.324 e. The molecule has 1 N–H and O–H groups in total. The van der Waals surface area contributed by atoms with Crippen LogP contribution in [0, 0.1) is 23.0 Å². The SMILES string of the molecule is CCn1cc(C#N)c(=O)n(CC(=O)Nc2cc(F)cc(F)c2)c1=O. The molecule has 0 atom stereocenters. The van der Waals surface area contributed by atoms with Crippen molar-refractivity contribution in [1.82, 2.24) is 9.13 Å². The van der Waals surface area contributed by atoms with Crippen LogP contribution in [0.1, 0.15) is 12.5 Å². The highest BCUT2D eigenvalue weighted by atomic mass is 19.1. The molecule has 0 aliphatic carbocycles. The van der Waals surface area contributed by atoms with Gasteiger partial charge in [-0.25, -0.2) is 18.1 Å². The van der Waals surface area contributed by atoms with E-state index in [0.29, 0.717) is 10.6 Å². The third-order valence-electron chi connectivity index (χ3n) is 3.15. The highest BCUT2D eigenvalue weighted by molar-refractivity contribution is 5.90. The number of nitrogens with one attached hydrogen (secondary N) is 1. The quantitative estimate of drug-likeness (QED) is 0.895. The fraction of sp³-hybridized carbons (Fsp3) is 0.200. The number of aryl methyl sites for hydroxylation is 1. The molecule has 7 nitrogen and oxygen atoms in total. The number of anilines is 1. The Kier molecular flexibility index (Phi) is 4.89. The predicted molar refractivity (Wildman–Crippen MR) is 80.3 cm³/mol. The molecule has 0 aliphatic heterocycles. The molecule has 1 aromatic heterocycles. The van der Waals surface area contributed by atoms with Crippen LogP contribution in [-0.4, -0.2) is 15.0 Å². The Morgan fingerprint density at radius 2 is 1.88 bits per heavy atom. The lowest BCUT2D eigenvalue weighted by Gasteiger charge is -2.10. The molecule has 0 saturated carbocycles. The summed E-state index contributed by atoms with van der Waals surface area (Å²) in [5, 5.41) is 11.1. The fourth-order valence-electron chi connectivity index (χ4n) is 2.07. The Balaban J connectivity index is 2.34. The van der Waals surface area contributed by atoms with E-state index in [1.165, 1.54) is 0 Å². The number of hydrogen-bond acceptors (Lipinski definition) is 4. The number of carbonyl (C=O) groups excluding carboxylic acids is 1. The van der Waals surface area contributed by atoms with Crippen molar-refractivity contribution in [1.29, 1.82) is 5.26 Å². The van der Waals surface area contributed by atoms with Gasteiger partial charge in [0.15, 0.2) is 0 Å². The first-order chi connectivity index (χ1) is 11.3. The summed E-state index contributed by atoms with van der Waals surface area (Å²) in [6, 6.07) is 4.06. The number of nitriles is 1. The summed E-state index contributed by atoms with van der Waals surface area (Å²) < 4.78 is 27.9. The number of aromatic nitrogens is 2. The van der Waals surface area contributed by atoms with Crippen LogP contribution in [0.15, 0.2) is 34.0 Å². The zero-order valence-electron chi connectivity index (χ0n) is 12.5. The Hall–Kier alpha value is -3.28. The average Bonchev–Trinajstić information content (AvgIpc) is 2.50. The van der Waals surface area contributed by atoms with E-state index in [1.807, 2.05) is 0 Å². The molecule has 124 valence electrons. The van der Waals surface area contributed by atoms with E-state index in [2.05, 4.69) is 5.32 Å². The molecule has 24 heavy (non-hydrogen) atoms. The highest BCUT2D eigenvalue weighted by Crippen LogP contribution is 2.12.